The van der Waals surface area contributed by atoms with Crippen molar-refractivity contribution in [3.05, 3.63) is 42.5 Å². The van der Waals surface area contributed by atoms with Crippen LogP contribution in [0.5, 0.6) is 0 Å². The Morgan fingerprint density at radius 1 is 1.32 bits per heavy atom. The molecule has 0 aliphatic carbocycles. The Hall–Kier alpha value is -2.21. The van der Waals surface area contributed by atoms with E-state index in [0.29, 0.717) is 16.4 Å². The second-order valence-corrected chi connectivity index (χ2v) is 5.14. The highest BCUT2D eigenvalue weighted by atomic mass is 32.1. The summed E-state index contributed by atoms with van der Waals surface area (Å²) in [6.07, 6.45) is 3.53. The Balaban J connectivity index is 2.20. The minimum atomic E-state index is -0.281. The Kier molecular flexibility index (Phi) is 2.79. The Morgan fingerprint density at radius 2 is 2.11 bits per heavy atom. The summed E-state index contributed by atoms with van der Waals surface area (Å²) in [6, 6.07) is 6.61. The monoisotopic (exact) mass is 274 g/mol. The highest BCUT2D eigenvalue weighted by Crippen LogP contribution is 2.38. The van der Waals surface area contributed by atoms with Crippen LogP contribution in [0, 0.1) is 5.82 Å². The topological polar surface area (TPSA) is 56.7 Å². The van der Waals surface area contributed by atoms with Crippen molar-refractivity contribution in [1.29, 1.82) is 0 Å². The molecule has 0 saturated carbocycles. The number of nitrogens with two attached hydrogens (primary N) is 1. The summed E-state index contributed by atoms with van der Waals surface area (Å²) in [5.41, 5.74) is 7.77. The molecule has 2 N–H and O–H groups in total. The second-order valence-electron chi connectivity index (χ2n) is 4.11. The Morgan fingerprint density at radius 3 is 2.79 bits per heavy atom. The van der Waals surface area contributed by atoms with Crippen molar-refractivity contribution in [2.75, 3.05) is 5.73 Å². The minimum absolute atomic E-state index is 0.281. The van der Waals surface area contributed by atoms with Gasteiger partial charge < -0.3 is 5.73 Å². The van der Waals surface area contributed by atoms with Crippen molar-refractivity contribution in [3.63, 3.8) is 0 Å². The number of hydrogen-bond acceptors (Lipinski definition) is 4. The molecular weight excluding hydrogens is 263 g/mol. The molecule has 0 radical (unpaired) electrons. The van der Waals surface area contributed by atoms with E-state index in [-0.39, 0.29) is 5.82 Å². The van der Waals surface area contributed by atoms with E-state index in [9.17, 15) is 4.39 Å². The fraction of sp³-hybridized carbons (Fsp3) is 0.0769. The van der Waals surface area contributed by atoms with Crippen molar-refractivity contribution in [1.82, 2.24) is 14.8 Å². The van der Waals surface area contributed by atoms with E-state index in [4.69, 9.17) is 5.73 Å². The molecule has 0 bridgehead atoms. The number of rotatable bonds is 2. The van der Waals surface area contributed by atoms with Crippen molar-refractivity contribution < 1.29 is 4.39 Å². The molecule has 2 aromatic heterocycles. The van der Waals surface area contributed by atoms with Crippen LogP contribution in [0.3, 0.4) is 0 Å². The number of aromatic nitrogens is 3. The van der Waals surface area contributed by atoms with Gasteiger partial charge in [0.05, 0.1) is 16.8 Å². The van der Waals surface area contributed by atoms with Gasteiger partial charge in [0.1, 0.15) is 5.82 Å². The minimum Gasteiger partial charge on any atom is -0.375 e. The number of aryl methyl sites for hydroxylation is 1. The van der Waals surface area contributed by atoms with Gasteiger partial charge in [-0.15, -0.1) is 0 Å². The van der Waals surface area contributed by atoms with Crippen molar-refractivity contribution in [2.24, 2.45) is 7.05 Å². The molecule has 0 atom stereocenters. The summed E-state index contributed by atoms with van der Waals surface area (Å²) in [7, 11) is 1.82. The molecule has 0 aliphatic heterocycles. The summed E-state index contributed by atoms with van der Waals surface area (Å²) in [5.74, 6) is -0.281. The number of benzene rings is 1. The number of nitrogens with zero attached hydrogens (tertiary/aromatic N) is 3. The van der Waals surface area contributed by atoms with Crippen LogP contribution in [0.25, 0.3) is 21.7 Å². The first kappa shape index (κ1) is 11.9. The maximum Gasteiger partial charge on any atom is 0.181 e. The van der Waals surface area contributed by atoms with Crippen LogP contribution >= 0.6 is 11.3 Å². The second kappa shape index (κ2) is 4.47. The van der Waals surface area contributed by atoms with Crippen LogP contribution in [0.2, 0.25) is 0 Å². The van der Waals surface area contributed by atoms with E-state index in [1.165, 1.54) is 17.4 Å². The Bertz CT molecular complexity index is 732. The van der Waals surface area contributed by atoms with Crippen LogP contribution in [0.4, 0.5) is 9.52 Å². The predicted octanol–water partition coefficient (Wildman–Crippen LogP) is 2.93. The first-order valence-corrected chi connectivity index (χ1v) is 6.47. The summed E-state index contributed by atoms with van der Waals surface area (Å²) in [5, 5.41) is 4.52. The van der Waals surface area contributed by atoms with Crippen LogP contribution in [0.1, 0.15) is 0 Å². The van der Waals surface area contributed by atoms with Gasteiger partial charge in [-0.3, -0.25) is 4.68 Å². The molecule has 3 rings (SSSR count). The predicted molar refractivity (Wildman–Crippen MR) is 74.1 cm³/mol. The van der Waals surface area contributed by atoms with E-state index in [2.05, 4.69) is 10.1 Å². The number of hydrogen-bond donors (Lipinski definition) is 1. The molecule has 0 amide bonds. The number of anilines is 1. The third-order valence-corrected chi connectivity index (χ3v) is 3.66. The molecule has 0 aliphatic rings. The zero-order valence-corrected chi connectivity index (χ0v) is 11.0. The van der Waals surface area contributed by atoms with Gasteiger partial charge in [-0.1, -0.05) is 29.5 Å². The molecule has 3 aromatic rings. The molecule has 0 spiro atoms. The van der Waals surface area contributed by atoms with Gasteiger partial charge in [-0.05, 0) is 6.07 Å². The lowest BCUT2D eigenvalue weighted by atomic mass is 10.1. The number of halogens is 1. The molecule has 19 heavy (non-hydrogen) atoms. The summed E-state index contributed by atoms with van der Waals surface area (Å²) in [6.45, 7) is 0. The highest BCUT2D eigenvalue weighted by Gasteiger charge is 2.17. The fourth-order valence-electron chi connectivity index (χ4n) is 1.90. The molecule has 0 unspecified atom stereocenters. The summed E-state index contributed by atoms with van der Waals surface area (Å²) >= 11 is 1.28. The van der Waals surface area contributed by atoms with Crippen LogP contribution < -0.4 is 5.73 Å². The first-order valence-electron chi connectivity index (χ1n) is 5.65. The molecular formula is C13H11FN4S. The normalized spacial score (nSPS) is 10.8. The standard InChI is InChI=1S/C13H11FN4S/c1-18-7-8(6-16-18)11-12(19-13(15)17-11)9-4-2-3-5-10(9)14/h2-7H,1H3,(H2,15,17). The number of nitrogen functional groups attached to an aromatic ring is 1. The van der Waals surface area contributed by atoms with Crippen LogP contribution in [-0.2, 0) is 7.05 Å². The third kappa shape index (κ3) is 2.10. The maximum atomic E-state index is 13.9. The van der Waals surface area contributed by atoms with Crippen LogP contribution in [0.15, 0.2) is 36.7 Å². The van der Waals surface area contributed by atoms with E-state index < -0.39 is 0 Å². The third-order valence-electron chi connectivity index (χ3n) is 2.74. The average molecular weight is 274 g/mol. The van der Waals surface area contributed by atoms with Gasteiger partial charge in [0, 0.05) is 24.4 Å². The molecule has 96 valence electrons. The molecule has 6 heteroatoms. The summed E-state index contributed by atoms with van der Waals surface area (Å²) in [4.78, 5) is 5.01. The zero-order valence-electron chi connectivity index (χ0n) is 10.2. The van der Waals surface area contributed by atoms with Gasteiger partial charge >= 0.3 is 0 Å². The van der Waals surface area contributed by atoms with Gasteiger partial charge in [0.25, 0.3) is 0 Å². The van der Waals surface area contributed by atoms with Gasteiger partial charge in [0.2, 0.25) is 0 Å². The number of thiazole rings is 1. The van der Waals surface area contributed by atoms with E-state index in [0.717, 1.165) is 10.4 Å². The molecule has 0 fully saturated rings. The largest absolute Gasteiger partial charge is 0.375 e. The zero-order chi connectivity index (χ0) is 13.4. The highest BCUT2D eigenvalue weighted by molar-refractivity contribution is 7.19. The smallest absolute Gasteiger partial charge is 0.181 e. The molecule has 1 aromatic carbocycles. The van der Waals surface area contributed by atoms with Crippen molar-refractivity contribution in [2.45, 2.75) is 0 Å². The van der Waals surface area contributed by atoms with E-state index in [1.54, 1.807) is 29.1 Å². The van der Waals surface area contributed by atoms with E-state index >= 15 is 0 Å². The molecule has 0 saturated heterocycles. The summed E-state index contributed by atoms with van der Waals surface area (Å²) < 4.78 is 15.6. The maximum absolute atomic E-state index is 13.9. The molecule has 4 nitrogen and oxygen atoms in total. The SMILES string of the molecule is Cn1cc(-c2nc(N)sc2-c2ccccc2F)cn1. The lowest BCUT2D eigenvalue weighted by Gasteiger charge is -2.01. The Labute approximate surface area is 113 Å². The van der Waals surface area contributed by atoms with Gasteiger partial charge in [-0.25, -0.2) is 9.37 Å². The lowest BCUT2D eigenvalue weighted by Crippen LogP contribution is -1.86. The van der Waals surface area contributed by atoms with Gasteiger partial charge in [-0.2, -0.15) is 5.10 Å². The van der Waals surface area contributed by atoms with Crippen molar-refractivity contribution >= 4 is 16.5 Å². The van der Waals surface area contributed by atoms with E-state index in [1.807, 2.05) is 13.2 Å². The van der Waals surface area contributed by atoms with Gasteiger partial charge in [0.15, 0.2) is 5.13 Å². The lowest BCUT2D eigenvalue weighted by molar-refractivity contribution is 0.631. The first-order chi connectivity index (χ1) is 9.15. The van der Waals surface area contributed by atoms with Crippen LogP contribution in [-0.4, -0.2) is 14.8 Å². The average Bonchev–Trinajstić information content (AvgIpc) is 2.96. The quantitative estimate of drug-likeness (QED) is 0.781. The molecule has 2 heterocycles. The van der Waals surface area contributed by atoms with Crippen molar-refractivity contribution in [3.8, 4) is 21.7 Å². The fourth-order valence-corrected chi connectivity index (χ4v) is 2.79.